The predicted octanol–water partition coefficient (Wildman–Crippen LogP) is 2.74. The molecular formula is C16H26Cl2N2O2. The van der Waals surface area contributed by atoms with E-state index in [-0.39, 0.29) is 30.8 Å². The fourth-order valence-corrected chi connectivity index (χ4v) is 2.71. The third-order valence-electron chi connectivity index (χ3n) is 3.62. The fraction of sp³-hybridized carbons (Fsp3) is 0.562. The van der Waals surface area contributed by atoms with Crippen molar-refractivity contribution in [1.29, 1.82) is 0 Å². The molecule has 0 amide bonds. The Bertz CT molecular complexity index is 483. The van der Waals surface area contributed by atoms with Gasteiger partial charge in [0.05, 0.1) is 13.0 Å². The number of piperazine rings is 1. The molecule has 1 saturated heterocycles. The number of hydrogen-bond acceptors (Lipinski definition) is 4. The fourth-order valence-electron chi connectivity index (χ4n) is 2.71. The Labute approximate surface area is 145 Å². The molecule has 1 heterocycles. The molecule has 0 aliphatic carbocycles. The standard InChI is InChI=1S/C16H24N2O2.2ClH/c1-4-20-16(19)10-14-5-6-15(12(2)9-14)18-8-7-17-13(3)11-18;;/h5-6,9,13,17H,4,7-8,10-11H2,1-3H3;2*1H. The molecule has 4 nitrogen and oxygen atoms in total. The molecule has 0 saturated carbocycles. The number of aryl methyl sites for hydroxylation is 1. The van der Waals surface area contributed by atoms with Gasteiger partial charge in [0.2, 0.25) is 0 Å². The highest BCUT2D eigenvalue weighted by Gasteiger charge is 2.17. The minimum absolute atomic E-state index is 0. The molecule has 0 bridgehead atoms. The molecule has 1 unspecified atom stereocenters. The molecule has 1 aliphatic heterocycles. The highest BCUT2D eigenvalue weighted by molar-refractivity contribution is 5.85. The van der Waals surface area contributed by atoms with E-state index in [0.717, 1.165) is 25.2 Å². The molecule has 1 atom stereocenters. The summed E-state index contributed by atoms with van der Waals surface area (Å²) in [6.45, 7) is 9.66. The number of anilines is 1. The molecule has 0 aromatic heterocycles. The summed E-state index contributed by atoms with van der Waals surface area (Å²) >= 11 is 0. The number of hydrogen-bond donors (Lipinski definition) is 1. The van der Waals surface area contributed by atoms with Gasteiger partial charge >= 0.3 is 5.97 Å². The zero-order valence-electron chi connectivity index (χ0n) is 13.4. The van der Waals surface area contributed by atoms with Gasteiger partial charge in [-0.2, -0.15) is 0 Å². The first kappa shape index (κ1) is 21.0. The lowest BCUT2D eigenvalue weighted by molar-refractivity contribution is -0.142. The zero-order chi connectivity index (χ0) is 14.5. The molecule has 1 N–H and O–H groups in total. The number of nitrogens with zero attached hydrogens (tertiary/aromatic N) is 1. The summed E-state index contributed by atoms with van der Waals surface area (Å²) in [5.41, 5.74) is 3.51. The highest BCUT2D eigenvalue weighted by Crippen LogP contribution is 2.22. The van der Waals surface area contributed by atoms with Gasteiger partial charge in [-0.3, -0.25) is 4.79 Å². The second-order valence-electron chi connectivity index (χ2n) is 5.40. The maximum atomic E-state index is 11.5. The molecule has 0 radical (unpaired) electrons. The predicted molar refractivity (Wildman–Crippen MR) is 95.7 cm³/mol. The van der Waals surface area contributed by atoms with Gasteiger partial charge in [0.15, 0.2) is 0 Å². The van der Waals surface area contributed by atoms with Gasteiger partial charge in [0, 0.05) is 31.4 Å². The first-order valence-electron chi connectivity index (χ1n) is 7.33. The number of nitrogens with one attached hydrogen (secondary N) is 1. The van der Waals surface area contributed by atoms with E-state index in [1.54, 1.807) is 0 Å². The van der Waals surface area contributed by atoms with Crippen molar-refractivity contribution in [2.24, 2.45) is 0 Å². The summed E-state index contributed by atoms with van der Waals surface area (Å²) in [6.07, 6.45) is 0.354. The lowest BCUT2D eigenvalue weighted by Gasteiger charge is -2.34. The van der Waals surface area contributed by atoms with Crippen LogP contribution in [0.5, 0.6) is 0 Å². The van der Waals surface area contributed by atoms with Gasteiger partial charge in [0.1, 0.15) is 0 Å². The summed E-state index contributed by atoms with van der Waals surface area (Å²) in [6, 6.07) is 6.77. The topological polar surface area (TPSA) is 41.6 Å². The van der Waals surface area contributed by atoms with Crippen LogP contribution >= 0.6 is 24.8 Å². The van der Waals surface area contributed by atoms with Crippen LogP contribution in [-0.2, 0) is 16.0 Å². The van der Waals surface area contributed by atoms with Gasteiger partial charge in [-0.1, -0.05) is 12.1 Å². The summed E-state index contributed by atoms with van der Waals surface area (Å²) in [5.74, 6) is -0.157. The lowest BCUT2D eigenvalue weighted by atomic mass is 10.1. The molecule has 1 fully saturated rings. The van der Waals surface area contributed by atoms with Gasteiger partial charge in [-0.15, -0.1) is 24.8 Å². The molecule has 1 aromatic carbocycles. The number of esters is 1. The number of rotatable bonds is 4. The smallest absolute Gasteiger partial charge is 0.310 e. The second-order valence-corrected chi connectivity index (χ2v) is 5.40. The first-order chi connectivity index (χ1) is 9.60. The van der Waals surface area contributed by atoms with Crippen LogP contribution in [0.3, 0.4) is 0 Å². The van der Waals surface area contributed by atoms with Crippen molar-refractivity contribution in [3.05, 3.63) is 29.3 Å². The van der Waals surface area contributed by atoms with E-state index in [1.807, 2.05) is 13.0 Å². The van der Waals surface area contributed by atoms with E-state index in [9.17, 15) is 4.79 Å². The maximum Gasteiger partial charge on any atom is 0.310 e. The Morgan fingerprint density at radius 3 is 2.73 bits per heavy atom. The van der Waals surface area contributed by atoms with Crippen LogP contribution in [0.1, 0.15) is 25.0 Å². The maximum absolute atomic E-state index is 11.5. The van der Waals surface area contributed by atoms with Crippen molar-refractivity contribution in [2.75, 3.05) is 31.1 Å². The average Bonchev–Trinajstić information content (AvgIpc) is 2.39. The Hall–Kier alpha value is -0.970. The SMILES string of the molecule is CCOC(=O)Cc1ccc(N2CCNC(C)C2)c(C)c1.Cl.Cl. The Kier molecular flexibility index (Phi) is 9.49. The van der Waals surface area contributed by atoms with Crippen molar-refractivity contribution < 1.29 is 9.53 Å². The highest BCUT2D eigenvalue weighted by atomic mass is 35.5. The normalized spacial score (nSPS) is 17.2. The van der Waals surface area contributed by atoms with Crippen LogP contribution in [0.2, 0.25) is 0 Å². The molecule has 1 aromatic rings. The van der Waals surface area contributed by atoms with Gasteiger partial charge in [0.25, 0.3) is 0 Å². The molecule has 126 valence electrons. The van der Waals surface area contributed by atoms with Crippen LogP contribution in [-0.4, -0.2) is 38.3 Å². The van der Waals surface area contributed by atoms with E-state index < -0.39 is 0 Å². The summed E-state index contributed by atoms with van der Waals surface area (Å²) in [4.78, 5) is 13.9. The molecule has 2 rings (SSSR count). The third kappa shape index (κ3) is 5.67. The van der Waals surface area contributed by atoms with Crippen molar-refractivity contribution in [1.82, 2.24) is 5.32 Å². The van der Waals surface area contributed by atoms with E-state index in [0.29, 0.717) is 19.1 Å². The van der Waals surface area contributed by atoms with E-state index in [1.165, 1.54) is 11.3 Å². The summed E-state index contributed by atoms with van der Waals surface area (Å²) < 4.78 is 4.99. The van der Waals surface area contributed by atoms with Crippen LogP contribution in [0.25, 0.3) is 0 Å². The summed E-state index contributed by atoms with van der Waals surface area (Å²) in [7, 11) is 0. The molecule has 0 spiro atoms. The molecule has 6 heteroatoms. The largest absolute Gasteiger partial charge is 0.466 e. The van der Waals surface area contributed by atoms with Crippen molar-refractivity contribution >= 4 is 36.5 Å². The number of ether oxygens (including phenoxy) is 1. The number of carbonyl (C=O) groups is 1. The number of halogens is 2. The van der Waals surface area contributed by atoms with Gasteiger partial charge in [-0.25, -0.2) is 0 Å². The van der Waals surface area contributed by atoms with Crippen LogP contribution in [0.4, 0.5) is 5.69 Å². The molecule has 22 heavy (non-hydrogen) atoms. The van der Waals surface area contributed by atoms with Crippen LogP contribution < -0.4 is 10.2 Å². The van der Waals surface area contributed by atoms with Crippen molar-refractivity contribution in [3.63, 3.8) is 0 Å². The van der Waals surface area contributed by atoms with Crippen LogP contribution in [0, 0.1) is 6.92 Å². The minimum atomic E-state index is -0.157. The van der Waals surface area contributed by atoms with Crippen molar-refractivity contribution in [2.45, 2.75) is 33.2 Å². The quantitative estimate of drug-likeness (QED) is 0.849. The average molecular weight is 349 g/mol. The third-order valence-corrected chi connectivity index (χ3v) is 3.62. The number of benzene rings is 1. The number of carbonyl (C=O) groups excluding carboxylic acids is 1. The molecular weight excluding hydrogens is 323 g/mol. The summed E-state index contributed by atoms with van der Waals surface area (Å²) in [5, 5.41) is 3.45. The van der Waals surface area contributed by atoms with Gasteiger partial charge < -0.3 is 15.0 Å². The zero-order valence-corrected chi connectivity index (χ0v) is 15.1. The van der Waals surface area contributed by atoms with Crippen molar-refractivity contribution in [3.8, 4) is 0 Å². The Morgan fingerprint density at radius 1 is 1.41 bits per heavy atom. The Balaban J connectivity index is 0.00000220. The Morgan fingerprint density at radius 2 is 2.14 bits per heavy atom. The monoisotopic (exact) mass is 348 g/mol. The van der Waals surface area contributed by atoms with E-state index in [4.69, 9.17) is 4.74 Å². The van der Waals surface area contributed by atoms with Gasteiger partial charge in [-0.05, 0) is 38.0 Å². The first-order valence-corrected chi connectivity index (χ1v) is 7.33. The second kappa shape index (κ2) is 9.93. The van der Waals surface area contributed by atoms with Crippen LogP contribution in [0.15, 0.2) is 18.2 Å². The lowest BCUT2D eigenvalue weighted by Crippen LogP contribution is -2.49. The van der Waals surface area contributed by atoms with E-state index >= 15 is 0 Å². The minimum Gasteiger partial charge on any atom is -0.466 e. The molecule has 1 aliphatic rings. The van der Waals surface area contributed by atoms with E-state index in [2.05, 4.69) is 36.2 Å².